The van der Waals surface area contributed by atoms with E-state index in [1.165, 1.54) is 6.07 Å². The van der Waals surface area contributed by atoms with E-state index >= 15 is 0 Å². The number of fused-ring (bicyclic) bond motifs is 2. The van der Waals surface area contributed by atoms with Gasteiger partial charge in [0, 0.05) is 44.1 Å². The second kappa shape index (κ2) is 6.85. The van der Waals surface area contributed by atoms with E-state index in [0.29, 0.717) is 17.2 Å². The molecule has 3 aromatic rings. The summed E-state index contributed by atoms with van der Waals surface area (Å²) in [5.74, 6) is 1.01. The second-order valence-electron chi connectivity index (χ2n) is 7.62. The topological polar surface area (TPSA) is 73.9 Å². The number of nitriles is 1. The number of aromatic nitrogens is 4. The zero-order valence-corrected chi connectivity index (χ0v) is 16.0. The lowest BCUT2D eigenvalue weighted by Crippen LogP contribution is -2.54. The Morgan fingerprint density at radius 2 is 1.97 bits per heavy atom. The Bertz CT molecular complexity index is 1090. The Morgan fingerprint density at radius 1 is 1.17 bits per heavy atom. The highest BCUT2D eigenvalue weighted by Crippen LogP contribution is 2.37. The van der Waals surface area contributed by atoms with Crippen molar-refractivity contribution in [1.82, 2.24) is 19.7 Å². The maximum Gasteiger partial charge on any atom is 0.164 e. The van der Waals surface area contributed by atoms with Gasteiger partial charge in [0.1, 0.15) is 17.4 Å². The van der Waals surface area contributed by atoms with E-state index in [9.17, 15) is 9.65 Å². The zero-order valence-electron chi connectivity index (χ0n) is 16.0. The molecular weight excluding hydrogens is 369 g/mol. The highest BCUT2D eigenvalue weighted by Gasteiger charge is 2.41. The third-order valence-corrected chi connectivity index (χ3v) is 5.74. The Morgan fingerprint density at radius 3 is 2.62 bits per heavy atom. The van der Waals surface area contributed by atoms with Crippen molar-refractivity contribution in [3.8, 4) is 17.5 Å². The monoisotopic (exact) mass is 389 g/mol. The summed E-state index contributed by atoms with van der Waals surface area (Å²) in [5, 5.41) is 13.8. The number of anilines is 2. The first-order valence-electron chi connectivity index (χ1n) is 9.67. The molecule has 0 radical (unpaired) electrons. The molecule has 2 fully saturated rings. The molecule has 2 bridgehead atoms. The maximum absolute atomic E-state index is 13.7. The van der Waals surface area contributed by atoms with Crippen molar-refractivity contribution in [3.63, 3.8) is 0 Å². The molecular formula is C21H20FN7. The van der Waals surface area contributed by atoms with Crippen LogP contribution in [0.2, 0.25) is 0 Å². The Labute approximate surface area is 168 Å². The van der Waals surface area contributed by atoms with Crippen LogP contribution in [0.15, 0.2) is 42.9 Å². The third kappa shape index (κ3) is 3.09. The van der Waals surface area contributed by atoms with Gasteiger partial charge in [-0.3, -0.25) is 4.68 Å². The molecule has 146 valence electrons. The van der Waals surface area contributed by atoms with Gasteiger partial charge in [0.05, 0.1) is 18.0 Å². The standard InChI is InChI=1S/C21H20FN7/c1-27-11-15(10-25-27)20-24-9-14(8-23)21(26-20)28-12-18-5-6-19(13-28)29(18)17-4-2-3-16(22)7-17/h2-4,7,9-11,18-19H,5-6,12-13H2,1H3. The molecule has 1 aromatic carbocycles. The van der Waals surface area contributed by atoms with Crippen LogP contribution in [0.25, 0.3) is 11.4 Å². The maximum atomic E-state index is 13.7. The van der Waals surface area contributed by atoms with Crippen molar-refractivity contribution in [2.24, 2.45) is 7.05 Å². The fourth-order valence-electron chi connectivity index (χ4n) is 4.50. The lowest BCUT2D eigenvalue weighted by Gasteiger charge is -2.43. The molecule has 2 saturated heterocycles. The summed E-state index contributed by atoms with van der Waals surface area (Å²) in [4.78, 5) is 13.6. The lowest BCUT2D eigenvalue weighted by atomic mass is 10.1. The van der Waals surface area contributed by atoms with Gasteiger partial charge in [0.25, 0.3) is 0 Å². The zero-order chi connectivity index (χ0) is 20.0. The number of halogens is 1. The van der Waals surface area contributed by atoms with E-state index in [0.717, 1.165) is 37.2 Å². The Hall–Kier alpha value is -3.47. The molecule has 2 aliphatic rings. The molecule has 4 heterocycles. The predicted molar refractivity (Wildman–Crippen MR) is 107 cm³/mol. The van der Waals surface area contributed by atoms with E-state index in [2.05, 4.69) is 26.0 Å². The quantitative estimate of drug-likeness (QED) is 0.686. The van der Waals surface area contributed by atoms with Crippen LogP contribution in [0, 0.1) is 17.1 Å². The number of piperazine rings is 1. The molecule has 0 spiro atoms. The van der Waals surface area contributed by atoms with Crippen LogP contribution in [0.5, 0.6) is 0 Å². The SMILES string of the molecule is Cn1cc(-c2ncc(C#N)c(N3CC4CCC(C3)N4c3cccc(F)c3)n2)cn1. The van der Waals surface area contributed by atoms with E-state index in [4.69, 9.17) is 4.98 Å². The lowest BCUT2D eigenvalue weighted by molar-refractivity contribution is 0.529. The average Bonchev–Trinajstić information content (AvgIpc) is 3.28. The van der Waals surface area contributed by atoms with Gasteiger partial charge in [0.2, 0.25) is 0 Å². The number of aryl methyl sites for hydroxylation is 1. The summed E-state index contributed by atoms with van der Waals surface area (Å²) in [6, 6.07) is 9.56. The fraction of sp³-hybridized carbons (Fsp3) is 0.333. The van der Waals surface area contributed by atoms with Gasteiger partial charge in [-0.05, 0) is 31.0 Å². The Balaban J connectivity index is 1.46. The molecule has 0 N–H and O–H groups in total. The highest BCUT2D eigenvalue weighted by atomic mass is 19.1. The van der Waals surface area contributed by atoms with Crippen molar-refractivity contribution in [3.05, 3.63) is 54.2 Å². The number of benzene rings is 1. The van der Waals surface area contributed by atoms with Crippen LogP contribution < -0.4 is 9.80 Å². The average molecular weight is 389 g/mol. The molecule has 7 nitrogen and oxygen atoms in total. The summed E-state index contributed by atoms with van der Waals surface area (Å²) in [6.45, 7) is 1.48. The first kappa shape index (κ1) is 17.6. The van der Waals surface area contributed by atoms with Crippen LogP contribution in [0.1, 0.15) is 18.4 Å². The summed E-state index contributed by atoms with van der Waals surface area (Å²) < 4.78 is 15.5. The fourth-order valence-corrected chi connectivity index (χ4v) is 4.50. The smallest absolute Gasteiger partial charge is 0.164 e. The summed E-state index contributed by atoms with van der Waals surface area (Å²) in [7, 11) is 1.84. The molecule has 2 atom stereocenters. The van der Waals surface area contributed by atoms with Gasteiger partial charge < -0.3 is 9.80 Å². The van der Waals surface area contributed by atoms with Crippen LogP contribution in [-0.4, -0.2) is 44.9 Å². The molecule has 0 aliphatic carbocycles. The van der Waals surface area contributed by atoms with E-state index in [1.807, 2.05) is 19.3 Å². The van der Waals surface area contributed by atoms with Crippen molar-refractivity contribution in [2.45, 2.75) is 24.9 Å². The number of nitrogens with zero attached hydrogens (tertiary/aromatic N) is 7. The Kier molecular flexibility index (Phi) is 4.16. The van der Waals surface area contributed by atoms with Crippen LogP contribution in [0.3, 0.4) is 0 Å². The molecule has 0 saturated carbocycles. The van der Waals surface area contributed by atoms with Crippen molar-refractivity contribution >= 4 is 11.5 Å². The van der Waals surface area contributed by atoms with Gasteiger partial charge >= 0.3 is 0 Å². The van der Waals surface area contributed by atoms with E-state index in [-0.39, 0.29) is 17.9 Å². The van der Waals surface area contributed by atoms with Crippen molar-refractivity contribution in [1.29, 1.82) is 5.26 Å². The van der Waals surface area contributed by atoms with E-state index in [1.54, 1.807) is 29.2 Å². The minimum atomic E-state index is -0.215. The predicted octanol–water partition coefficient (Wildman–Crippen LogP) is 2.75. The minimum absolute atomic E-state index is 0.215. The molecule has 0 amide bonds. The molecule has 29 heavy (non-hydrogen) atoms. The molecule has 2 unspecified atom stereocenters. The number of rotatable bonds is 3. The third-order valence-electron chi connectivity index (χ3n) is 5.74. The van der Waals surface area contributed by atoms with Crippen LogP contribution in [-0.2, 0) is 7.05 Å². The molecule has 8 heteroatoms. The number of hydrogen-bond donors (Lipinski definition) is 0. The van der Waals surface area contributed by atoms with Crippen molar-refractivity contribution < 1.29 is 4.39 Å². The molecule has 5 rings (SSSR count). The van der Waals surface area contributed by atoms with E-state index < -0.39 is 0 Å². The van der Waals surface area contributed by atoms with Crippen LogP contribution in [0.4, 0.5) is 15.9 Å². The minimum Gasteiger partial charge on any atom is -0.362 e. The van der Waals surface area contributed by atoms with Crippen LogP contribution >= 0.6 is 0 Å². The van der Waals surface area contributed by atoms with Gasteiger partial charge in [-0.1, -0.05) is 6.07 Å². The molecule has 2 aliphatic heterocycles. The summed E-state index contributed by atoms with van der Waals surface area (Å²) in [6.07, 6.45) is 7.25. The first-order valence-corrected chi connectivity index (χ1v) is 9.67. The van der Waals surface area contributed by atoms with Gasteiger partial charge in [0.15, 0.2) is 11.6 Å². The van der Waals surface area contributed by atoms with Gasteiger partial charge in [-0.25, -0.2) is 14.4 Å². The first-order chi connectivity index (χ1) is 14.1. The largest absolute Gasteiger partial charge is 0.362 e. The van der Waals surface area contributed by atoms with Crippen molar-refractivity contribution in [2.75, 3.05) is 22.9 Å². The van der Waals surface area contributed by atoms with Gasteiger partial charge in [-0.15, -0.1) is 0 Å². The highest BCUT2D eigenvalue weighted by molar-refractivity contribution is 5.62. The summed E-state index contributed by atoms with van der Waals surface area (Å²) >= 11 is 0. The second-order valence-corrected chi connectivity index (χ2v) is 7.62. The molecule has 2 aromatic heterocycles. The number of hydrogen-bond acceptors (Lipinski definition) is 6. The van der Waals surface area contributed by atoms with Gasteiger partial charge in [-0.2, -0.15) is 10.4 Å². The normalized spacial score (nSPS) is 20.7. The summed E-state index contributed by atoms with van der Waals surface area (Å²) in [5.41, 5.74) is 2.22.